The fraction of sp³-hybridized carbons (Fsp3) is 0.462. The lowest BCUT2D eigenvalue weighted by molar-refractivity contribution is 0.273. The van der Waals surface area contributed by atoms with Crippen LogP contribution in [0.2, 0.25) is 0 Å². The molecule has 0 aliphatic heterocycles. The smallest absolute Gasteiger partial charge is 0.145 e. The van der Waals surface area contributed by atoms with Crippen LogP contribution in [0.1, 0.15) is 30.6 Å². The topological polar surface area (TPSA) is 132 Å². The van der Waals surface area contributed by atoms with Crippen molar-refractivity contribution < 1.29 is 13.5 Å². The van der Waals surface area contributed by atoms with Gasteiger partial charge in [0.25, 0.3) is 0 Å². The molecule has 6 nitrogen and oxygen atoms in total. The first-order chi connectivity index (χ1) is 9.34. The fourth-order valence-corrected chi connectivity index (χ4v) is 2.74. The van der Waals surface area contributed by atoms with Crippen LogP contribution in [0.15, 0.2) is 24.3 Å². The third-order valence-corrected chi connectivity index (χ3v) is 4.41. The van der Waals surface area contributed by atoms with Crippen molar-refractivity contribution in [1.82, 2.24) is 0 Å². The molecular formula is C13H22N3O3S. The number of benzene rings is 1. The number of aliphatic hydroxyl groups excluding tert-OH is 1. The highest BCUT2D eigenvalue weighted by Crippen LogP contribution is 2.32. The van der Waals surface area contributed by atoms with E-state index in [-0.39, 0.29) is 6.42 Å². The van der Waals surface area contributed by atoms with Crippen molar-refractivity contribution in [3.8, 4) is 0 Å². The van der Waals surface area contributed by atoms with Crippen molar-refractivity contribution in [2.24, 2.45) is 17.2 Å². The monoisotopic (exact) mass is 300 g/mol. The lowest BCUT2D eigenvalue weighted by atomic mass is 9.78. The Morgan fingerprint density at radius 3 is 2.50 bits per heavy atom. The summed E-state index contributed by atoms with van der Waals surface area (Å²) in [6.07, 6.45) is -0.413. The standard InChI is InChI=1S/C13H22N3O3S/c1-13(8-14,6-11(7-17)20(18)19)10-4-2-3-9(5-10)12(15)16/h2-5,8,11-12,17,20H,6-7,14-16H2,1H3. The first-order valence-electron chi connectivity index (χ1n) is 6.26. The predicted octanol–water partition coefficient (Wildman–Crippen LogP) is -0.657. The molecule has 20 heavy (non-hydrogen) atoms. The molecule has 1 rings (SSSR count). The molecule has 0 fully saturated rings. The summed E-state index contributed by atoms with van der Waals surface area (Å²) in [7, 11) is -2.72. The lowest BCUT2D eigenvalue weighted by Gasteiger charge is -2.30. The average molecular weight is 300 g/mol. The highest BCUT2D eigenvalue weighted by Gasteiger charge is 2.30. The van der Waals surface area contributed by atoms with Gasteiger partial charge in [0.15, 0.2) is 0 Å². The van der Waals surface area contributed by atoms with Crippen molar-refractivity contribution in [1.29, 1.82) is 0 Å². The van der Waals surface area contributed by atoms with Gasteiger partial charge < -0.3 is 22.3 Å². The molecule has 0 bridgehead atoms. The molecule has 0 aromatic heterocycles. The first kappa shape index (κ1) is 17.1. The molecule has 0 amide bonds. The van der Waals surface area contributed by atoms with Crippen LogP contribution in [0.3, 0.4) is 0 Å². The molecule has 2 atom stereocenters. The van der Waals surface area contributed by atoms with Gasteiger partial charge in [0.05, 0.1) is 18.0 Å². The third-order valence-electron chi connectivity index (χ3n) is 3.47. The fourth-order valence-electron chi connectivity index (χ4n) is 2.08. The number of thiol groups is 1. The van der Waals surface area contributed by atoms with Gasteiger partial charge in [-0.2, -0.15) is 0 Å². The molecule has 113 valence electrons. The Labute approximate surface area is 120 Å². The average Bonchev–Trinajstić information content (AvgIpc) is 2.44. The second-order valence-electron chi connectivity index (χ2n) is 5.06. The SMILES string of the molecule is CC([CH]N)(CC(CO)[SH](=O)=O)c1cccc(C(N)N)c1. The normalized spacial score (nSPS) is 16.4. The largest absolute Gasteiger partial charge is 0.395 e. The van der Waals surface area contributed by atoms with Gasteiger partial charge in [0.1, 0.15) is 10.7 Å². The Kier molecular flexibility index (Phi) is 6.09. The van der Waals surface area contributed by atoms with Crippen LogP contribution in [-0.2, 0) is 16.1 Å². The maximum Gasteiger partial charge on any atom is 0.145 e. The second-order valence-corrected chi connectivity index (χ2v) is 6.36. The number of hydrogen-bond acceptors (Lipinski definition) is 6. The molecule has 0 heterocycles. The van der Waals surface area contributed by atoms with E-state index in [9.17, 15) is 8.42 Å². The zero-order valence-corrected chi connectivity index (χ0v) is 12.3. The van der Waals surface area contributed by atoms with Crippen LogP contribution in [-0.4, -0.2) is 25.4 Å². The molecule has 0 aliphatic carbocycles. The van der Waals surface area contributed by atoms with Gasteiger partial charge in [-0.05, 0) is 17.5 Å². The Morgan fingerprint density at radius 2 is 2.05 bits per heavy atom. The van der Waals surface area contributed by atoms with Gasteiger partial charge in [-0.1, -0.05) is 31.2 Å². The van der Waals surface area contributed by atoms with E-state index in [1.54, 1.807) is 18.2 Å². The van der Waals surface area contributed by atoms with Crippen LogP contribution in [0.4, 0.5) is 0 Å². The van der Waals surface area contributed by atoms with E-state index in [1.165, 1.54) is 6.54 Å². The predicted molar refractivity (Wildman–Crippen MR) is 79.2 cm³/mol. The zero-order valence-electron chi connectivity index (χ0n) is 11.4. The van der Waals surface area contributed by atoms with E-state index in [0.29, 0.717) is 0 Å². The summed E-state index contributed by atoms with van der Waals surface area (Å²) in [5.74, 6) is 0. The molecule has 1 radical (unpaired) electrons. The summed E-state index contributed by atoms with van der Waals surface area (Å²) in [4.78, 5) is 0. The van der Waals surface area contributed by atoms with Gasteiger partial charge in [-0.15, -0.1) is 0 Å². The van der Waals surface area contributed by atoms with Crippen molar-refractivity contribution >= 4 is 10.7 Å². The molecular weight excluding hydrogens is 278 g/mol. The number of hydrogen-bond donors (Lipinski definition) is 5. The van der Waals surface area contributed by atoms with Crippen LogP contribution in [0.5, 0.6) is 0 Å². The molecule has 2 unspecified atom stereocenters. The highest BCUT2D eigenvalue weighted by molar-refractivity contribution is 7.73. The molecule has 0 aliphatic rings. The first-order valence-corrected chi connectivity index (χ1v) is 7.51. The van der Waals surface area contributed by atoms with Crippen molar-refractivity contribution in [2.75, 3.05) is 6.61 Å². The lowest BCUT2D eigenvalue weighted by Crippen LogP contribution is -2.34. The number of nitrogens with two attached hydrogens (primary N) is 3. The maximum absolute atomic E-state index is 11.1. The van der Waals surface area contributed by atoms with E-state index in [1.807, 2.05) is 13.0 Å². The highest BCUT2D eigenvalue weighted by atomic mass is 32.2. The Balaban J connectivity index is 3.12. The van der Waals surface area contributed by atoms with E-state index >= 15 is 0 Å². The molecule has 0 saturated heterocycles. The summed E-state index contributed by atoms with van der Waals surface area (Å²) in [6.45, 7) is 2.82. The summed E-state index contributed by atoms with van der Waals surface area (Å²) in [6, 6.07) is 7.23. The van der Waals surface area contributed by atoms with Crippen molar-refractivity contribution in [3.05, 3.63) is 41.9 Å². The summed E-state index contributed by atoms with van der Waals surface area (Å²) in [5.41, 5.74) is 17.9. The summed E-state index contributed by atoms with van der Waals surface area (Å²) in [5, 5.41) is 8.32. The minimum atomic E-state index is -2.72. The Morgan fingerprint density at radius 1 is 1.40 bits per heavy atom. The van der Waals surface area contributed by atoms with Crippen LogP contribution < -0.4 is 17.2 Å². The summed E-state index contributed by atoms with van der Waals surface area (Å²) < 4.78 is 22.2. The van der Waals surface area contributed by atoms with Crippen LogP contribution in [0.25, 0.3) is 0 Å². The quantitative estimate of drug-likeness (QED) is 0.335. The van der Waals surface area contributed by atoms with E-state index in [4.69, 9.17) is 22.3 Å². The molecule has 1 aromatic carbocycles. The number of aliphatic hydroxyl groups is 1. The minimum Gasteiger partial charge on any atom is -0.395 e. The van der Waals surface area contributed by atoms with Gasteiger partial charge in [0.2, 0.25) is 0 Å². The van der Waals surface area contributed by atoms with Gasteiger partial charge in [-0.3, -0.25) is 0 Å². The van der Waals surface area contributed by atoms with Crippen molar-refractivity contribution in [3.63, 3.8) is 0 Å². The Bertz CT molecular complexity index is 511. The zero-order chi connectivity index (χ0) is 15.3. The van der Waals surface area contributed by atoms with Gasteiger partial charge in [0, 0.05) is 12.0 Å². The summed E-state index contributed by atoms with van der Waals surface area (Å²) >= 11 is 0. The molecule has 0 saturated carbocycles. The van der Waals surface area contributed by atoms with E-state index in [0.717, 1.165) is 11.1 Å². The van der Waals surface area contributed by atoms with Gasteiger partial charge >= 0.3 is 0 Å². The second kappa shape index (κ2) is 7.14. The molecule has 7 N–H and O–H groups in total. The molecule has 0 spiro atoms. The van der Waals surface area contributed by atoms with Gasteiger partial charge in [-0.25, -0.2) is 8.42 Å². The molecule has 7 heteroatoms. The third kappa shape index (κ3) is 4.00. The van der Waals surface area contributed by atoms with Crippen LogP contribution >= 0.6 is 0 Å². The number of rotatable bonds is 7. The van der Waals surface area contributed by atoms with E-state index < -0.39 is 34.1 Å². The van der Waals surface area contributed by atoms with E-state index in [2.05, 4.69) is 0 Å². The maximum atomic E-state index is 11.1. The minimum absolute atomic E-state index is 0.196. The Hall–Kier alpha value is -0.990. The van der Waals surface area contributed by atoms with Crippen LogP contribution in [0, 0.1) is 6.54 Å². The van der Waals surface area contributed by atoms with Crippen molar-refractivity contribution in [2.45, 2.75) is 30.2 Å². The molecule has 1 aromatic rings.